The van der Waals surface area contributed by atoms with Gasteiger partial charge < -0.3 is 15.2 Å². The Morgan fingerprint density at radius 1 is 1.35 bits per heavy atom. The Morgan fingerprint density at radius 3 is 2.80 bits per heavy atom. The lowest BCUT2D eigenvalue weighted by atomic mass is 10.0. The molecule has 2 rings (SSSR count). The summed E-state index contributed by atoms with van der Waals surface area (Å²) in [6.45, 7) is 1.64. The van der Waals surface area contributed by atoms with Crippen molar-refractivity contribution in [2.45, 2.75) is 32.3 Å². The van der Waals surface area contributed by atoms with E-state index in [0.717, 1.165) is 0 Å². The molecule has 0 fully saturated rings. The van der Waals surface area contributed by atoms with Gasteiger partial charge in [-0.3, -0.25) is 14.4 Å². The molecule has 1 aromatic carbocycles. The molecule has 0 bridgehead atoms. The van der Waals surface area contributed by atoms with E-state index in [0.29, 0.717) is 23.4 Å². The predicted octanol–water partition coefficient (Wildman–Crippen LogP) is 1.84. The van der Waals surface area contributed by atoms with Gasteiger partial charge in [-0.25, -0.2) is 0 Å². The lowest BCUT2D eigenvalue weighted by Crippen LogP contribution is -2.34. The van der Waals surface area contributed by atoms with Crippen molar-refractivity contribution >= 4 is 23.3 Å². The number of Topliss-reactive ketones (excluding diaryl/α,β-unsaturated/α-hetero) is 1. The quantitative estimate of drug-likeness (QED) is 0.801. The zero-order valence-electron chi connectivity index (χ0n) is 11.0. The first-order chi connectivity index (χ1) is 9.47. The average molecular weight is 277 g/mol. The molecule has 1 aliphatic rings. The van der Waals surface area contributed by atoms with Crippen LogP contribution in [0.5, 0.6) is 5.75 Å². The molecule has 1 heterocycles. The lowest BCUT2D eigenvalue weighted by Gasteiger charge is -2.23. The summed E-state index contributed by atoms with van der Waals surface area (Å²) in [5, 5.41) is 11.2. The highest BCUT2D eigenvalue weighted by Crippen LogP contribution is 2.30. The zero-order valence-corrected chi connectivity index (χ0v) is 11.0. The zero-order chi connectivity index (χ0) is 14.7. The van der Waals surface area contributed by atoms with Gasteiger partial charge in [-0.05, 0) is 31.5 Å². The summed E-state index contributed by atoms with van der Waals surface area (Å²) in [6, 6.07) is 4.81. The Bertz CT molecular complexity index is 567. The van der Waals surface area contributed by atoms with Crippen LogP contribution in [0.3, 0.4) is 0 Å². The number of ether oxygens (including phenoxy) is 1. The van der Waals surface area contributed by atoms with Crippen LogP contribution in [0.15, 0.2) is 18.2 Å². The fourth-order valence-electron chi connectivity index (χ4n) is 1.93. The first-order valence-electron chi connectivity index (χ1n) is 6.34. The van der Waals surface area contributed by atoms with Crippen LogP contribution >= 0.6 is 0 Å². The van der Waals surface area contributed by atoms with E-state index < -0.39 is 12.1 Å². The van der Waals surface area contributed by atoms with Gasteiger partial charge in [0.25, 0.3) is 5.91 Å². The second kappa shape index (κ2) is 5.73. The minimum Gasteiger partial charge on any atom is -0.481 e. The van der Waals surface area contributed by atoms with Crippen molar-refractivity contribution in [3.05, 3.63) is 23.8 Å². The Hall–Kier alpha value is -2.37. The number of anilines is 1. The standard InChI is InChI=1S/C14H15NO5/c1-8-14(19)15-10-7-9(5-6-12(10)20-8)11(16)3-2-4-13(17)18/h5-8H,2-4H2,1H3,(H,15,19)(H,17,18). The van der Waals surface area contributed by atoms with Crippen LogP contribution in [-0.2, 0) is 9.59 Å². The summed E-state index contributed by atoms with van der Waals surface area (Å²) in [6.07, 6.45) is -0.130. The molecule has 2 N–H and O–H groups in total. The minimum absolute atomic E-state index is 0.0337. The van der Waals surface area contributed by atoms with Gasteiger partial charge in [0.2, 0.25) is 0 Å². The monoisotopic (exact) mass is 277 g/mol. The number of carbonyl (C=O) groups is 3. The molecular formula is C14H15NO5. The van der Waals surface area contributed by atoms with Crippen molar-refractivity contribution in [3.8, 4) is 5.75 Å². The molecule has 20 heavy (non-hydrogen) atoms. The third-order valence-electron chi connectivity index (χ3n) is 3.03. The van der Waals surface area contributed by atoms with E-state index in [2.05, 4.69) is 5.32 Å². The first-order valence-corrected chi connectivity index (χ1v) is 6.34. The van der Waals surface area contributed by atoms with Gasteiger partial charge in [0.15, 0.2) is 11.9 Å². The van der Waals surface area contributed by atoms with Crippen molar-refractivity contribution in [3.63, 3.8) is 0 Å². The van der Waals surface area contributed by atoms with Crippen LogP contribution in [0.25, 0.3) is 0 Å². The Morgan fingerprint density at radius 2 is 2.10 bits per heavy atom. The van der Waals surface area contributed by atoms with Gasteiger partial charge >= 0.3 is 5.97 Å². The number of carboxylic acids is 1. The fourth-order valence-corrected chi connectivity index (χ4v) is 1.93. The van der Waals surface area contributed by atoms with Crippen LogP contribution in [0.2, 0.25) is 0 Å². The van der Waals surface area contributed by atoms with Crippen molar-refractivity contribution in [2.75, 3.05) is 5.32 Å². The SMILES string of the molecule is CC1Oc2ccc(C(=O)CCCC(=O)O)cc2NC1=O. The smallest absolute Gasteiger partial charge is 0.303 e. The number of aliphatic carboxylic acids is 1. The van der Waals surface area contributed by atoms with Crippen LogP contribution in [-0.4, -0.2) is 28.9 Å². The van der Waals surface area contributed by atoms with E-state index in [1.807, 2.05) is 0 Å². The molecule has 1 aromatic rings. The maximum atomic E-state index is 11.9. The van der Waals surface area contributed by atoms with Crippen LogP contribution in [0, 0.1) is 0 Å². The number of amides is 1. The van der Waals surface area contributed by atoms with Crippen molar-refractivity contribution in [1.29, 1.82) is 0 Å². The van der Waals surface area contributed by atoms with Crippen LogP contribution in [0.1, 0.15) is 36.5 Å². The first kappa shape index (κ1) is 14.0. The molecule has 0 radical (unpaired) electrons. The highest BCUT2D eigenvalue weighted by molar-refractivity contribution is 6.01. The van der Waals surface area contributed by atoms with E-state index in [9.17, 15) is 14.4 Å². The summed E-state index contributed by atoms with van der Waals surface area (Å²) in [7, 11) is 0. The van der Waals surface area contributed by atoms with Gasteiger partial charge in [0, 0.05) is 18.4 Å². The van der Waals surface area contributed by atoms with E-state index in [-0.39, 0.29) is 24.5 Å². The molecule has 0 saturated heterocycles. The Kier molecular flexibility index (Phi) is 4.02. The molecular weight excluding hydrogens is 262 g/mol. The molecule has 1 atom stereocenters. The Balaban J connectivity index is 2.07. The number of fused-ring (bicyclic) bond motifs is 1. The number of hydrogen-bond donors (Lipinski definition) is 2. The second-order valence-corrected chi connectivity index (χ2v) is 4.63. The van der Waals surface area contributed by atoms with Crippen molar-refractivity contribution in [1.82, 2.24) is 0 Å². The highest BCUT2D eigenvalue weighted by Gasteiger charge is 2.24. The lowest BCUT2D eigenvalue weighted by molar-refractivity contribution is -0.137. The number of rotatable bonds is 5. The molecule has 6 heteroatoms. The largest absolute Gasteiger partial charge is 0.481 e. The van der Waals surface area contributed by atoms with Crippen molar-refractivity contribution in [2.24, 2.45) is 0 Å². The molecule has 6 nitrogen and oxygen atoms in total. The van der Waals surface area contributed by atoms with Gasteiger partial charge in [0.1, 0.15) is 5.75 Å². The summed E-state index contributed by atoms with van der Waals surface area (Å²) in [5.41, 5.74) is 0.907. The van der Waals surface area contributed by atoms with Gasteiger partial charge in [-0.2, -0.15) is 0 Å². The summed E-state index contributed by atoms with van der Waals surface area (Å²) >= 11 is 0. The normalized spacial score (nSPS) is 16.9. The van der Waals surface area contributed by atoms with Crippen LogP contribution < -0.4 is 10.1 Å². The third kappa shape index (κ3) is 3.14. The number of carboxylic acid groups (broad SMARTS) is 1. The number of nitrogens with one attached hydrogen (secondary N) is 1. The van der Waals surface area contributed by atoms with E-state index in [4.69, 9.17) is 9.84 Å². The van der Waals surface area contributed by atoms with E-state index in [1.165, 1.54) is 0 Å². The predicted molar refractivity (Wildman–Crippen MR) is 71.0 cm³/mol. The van der Waals surface area contributed by atoms with Gasteiger partial charge in [0.05, 0.1) is 5.69 Å². The van der Waals surface area contributed by atoms with E-state index >= 15 is 0 Å². The Labute approximate surface area is 115 Å². The topological polar surface area (TPSA) is 92.7 Å². The van der Waals surface area contributed by atoms with Gasteiger partial charge in [-0.1, -0.05) is 0 Å². The minimum atomic E-state index is -0.919. The third-order valence-corrected chi connectivity index (χ3v) is 3.03. The fraction of sp³-hybridized carbons (Fsp3) is 0.357. The van der Waals surface area contributed by atoms with E-state index in [1.54, 1.807) is 25.1 Å². The molecule has 1 amide bonds. The summed E-state index contributed by atoms with van der Waals surface area (Å²) in [5.74, 6) is -0.799. The molecule has 0 aromatic heterocycles. The van der Waals surface area contributed by atoms with Gasteiger partial charge in [-0.15, -0.1) is 0 Å². The number of hydrogen-bond acceptors (Lipinski definition) is 4. The molecule has 0 spiro atoms. The molecule has 0 saturated carbocycles. The number of carbonyl (C=O) groups excluding carboxylic acids is 2. The summed E-state index contributed by atoms with van der Waals surface area (Å²) in [4.78, 5) is 33.8. The second-order valence-electron chi connectivity index (χ2n) is 4.63. The average Bonchev–Trinajstić information content (AvgIpc) is 2.39. The summed E-state index contributed by atoms with van der Waals surface area (Å²) < 4.78 is 5.39. The molecule has 1 unspecified atom stereocenters. The number of benzene rings is 1. The molecule has 1 aliphatic heterocycles. The maximum absolute atomic E-state index is 11.9. The molecule has 106 valence electrons. The highest BCUT2D eigenvalue weighted by atomic mass is 16.5. The molecule has 0 aliphatic carbocycles. The maximum Gasteiger partial charge on any atom is 0.303 e. The van der Waals surface area contributed by atoms with Crippen molar-refractivity contribution < 1.29 is 24.2 Å². The number of ketones is 1. The van der Waals surface area contributed by atoms with Crippen LogP contribution in [0.4, 0.5) is 5.69 Å².